The molecular formula is C19H17F3N2O5. The molecule has 0 spiro atoms. The van der Waals surface area contributed by atoms with E-state index >= 15 is 0 Å². The number of amides is 2. The van der Waals surface area contributed by atoms with Crippen molar-refractivity contribution in [3.63, 3.8) is 0 Å². The van der Waals surface area contributed by atoms with E-state index in [1.54, 1.807) is 0 Å². The molecule has 1 unspecified atom stereocenters. The van der Waals surface area contributed by atoms with Gasteiger partial charge in [-0.2, -0.15) is 0 Å². The molecule has 2 aromatic carbocycles. The van der Waals surface area contributed by atoms with E-state index < -0.39 is 30.1 Å². The van der Waals surface area contributed by atoms with Gasteiger partial charge in [-0.15, -0.1) is 13.2 Å². The topological polar surface area (TPSA) is 93.7 Å². The van der Waals surface area contributed by atoms with Crippen LogP contribution in [0.3, 0.4) is 0 Å². The van der Waals surface area contributed by atoms with Crippen LogP contribution in [0, 0.1) is 0 Å². The Bertz CT molecular complexity index is 880. The number of rotatable bonds is 6. The first-order valence-electron chi connectivity index (χ1n) is 8.29. The largest absolute Gasteiger partial charge is 0.573 e. The summed E-state index contributed by atoms with van der Waals surface area (Å²) in [6.45, 7) is 2.69. The summed E-state index contributed by atoms with van der Waals surface area (Å²) >= 11 is 0. The molecule has 2 rings (SSSR count). The first kappa shape index (κ1) is 21.7. The minimum atomic E-state index is -4.81. The van der Waals surface area contributed by atoms with Crippen molar-refractivity contribution in [2.75, 3.05) is 10.6 Å². The van der Waals surface area contributed by atoms with Crippen LogP contribution in [0.15, 0.2) is 48.5 Å². The zero-order valence-corrected chi connectivity index (χ0v) is 15.4. The summed E-state index contributed by atoms with van der Waals surface area (Å²) in [7, 11) is 0. The summed E-state index contributed by atoms with van der Waals surface area (Å²) in [4.78, 5) is 35.2. The fourth-order valence-electron chi connectivity index (χ4n) is 2.16. The monoisotopic (exact) mass is 410 g/mol. The molecule has 29 heavy (non-hydrogen) atoms. The van der Waals surface area contributed by atoms with E-state index in [0.717, 1.165) is 12.1 Å². The van der Waals surface area contributed by atoms with E-state index in [1.165, 1.54) is 50.2 Å². The molecule has 0 heterocycles. The van der Waals surface area contributed by atoms with Gasteiger partial charge in [0.15, 0.2) is 6.10 Å². The summed E-state index contributed by atoms with van der Waals surface area (Å²) in [5.41, 5.74) is 0.872. The van der Waals surface area contributed by atoms with Gasteiger partial charge in [0.2, 0.25) is 5.91 Å². The standard InChI is InChI=1S/C19H17F3N2O5/c1-11(28-18(27)13-3-5-14(6-4-13)23-12(2)25)17(26)24-15-7-9-16(10-8-15)29-19(20,21)22/h3-11H,1-2H3,(H,23,25)(H,24,26). The molecule has 0 bridgehead atoms. The Labute approximate surface area is 163 Å². The minimum Gasteiger partial charge on any atom is -0.449 e. The number of alkyl halides is 3. The van der Waals surface area contributed by atoms with Gasteiger partial charge in [-0.3, -0.25) is 9.59 Å². The molecule has 2 aromatic rings. The van der Waals surface area contributed by atoms with Gasteiger partial charge in [0, 0.05) is 18.3 Å². The zero-order chi connectivity index (χ0) is 21.6. The van der Waals surface area contributed by atoms with Crippen LogP contribution in [0.2, 0.25) is 0 Å². The Hall–Kier alpha value is -3.56. The van der Waals surface area contributed by atoms with E-state index in [0.29, 0.717) is 5.69 Å². The first-order chi connectivity index (χ1) is 13.5. The van der Waals surface area contributed by atoms with Crippen LogP contribution < -0.4 is 15.4 Å². The van der Waals surface area contributed by atoms with E-state index in [2.05, 4.69) is 15.4 Å². The quantitative estimate of drug-likeness (QED) is 0.708. The predicted molar refractivity (Wildman–Crippen MR) is 97.4 cm³/mol. The maximum absolute atomic E-state index is 12.1. The highest BCUT2D eigenvalue weighted by Gasteiger charge is 2.31. The van der Waals surface area contributed by atoms with Crippen LogP contribution in [-0.4, -0.2) is 30.2 Å². The smallest absolute Gasteiger partial charge is 0.449 e. The van der Waals surface area contributed by atoms with Crippen molar-refractivity contribution in [3.05, 3.63) is 54.1 Å². The SMILES string of the molecule is CC(=O)Nc1ccc(C(=O)OC(C)C(=O)Nc2ccc(OC(F)(F)F)cc2)cc1. The van der Waals surface area contributed by atoms with Crippen LogP contribution in [0.4, 0.5) is 24.5 Å². The third kappa shape index (κ3) is 7.17. The van der Waals surface area contributed by atoms with Crippen molar-refractivity contribution in [1.82, 2.24) is 0 Å². The molecule has 2 N–H and O–H groups in total. The number of ether oxygens (including phenoxy) is 2. The van der Waals surface area contributed by atoms with Gasteiger partial charge in [-0.05, 0) is 55.5 Å². The fraction of sp³-hybridized carbons (Fsp3) is 0.211. The van der Waals surface area contributed by atoms with E-state index in [1.807, 2.05) is 0 Å². The predicted octanol–water partition coefficient (Wildman–Crippen LogP) is 3.73. The summed E-state index contributed by atoms with van der Waals surface area (Å²) in [5.74, 6) is -2.12. The first-order valence-corrected chi connectivity index (χ1v) is 8.29. The summed E-state index contributed by atoms with van der Waals surface area (Å²) < 4.78 is 45.2. The highest BCUT2D eigenvalue weighted by molar-refractivity contribution is 5.97. The lowest BCUT2D eigenvalue weighted by Gasteiger charge is -2.14. The van der Waals surface area contributed by atoms with Crippen molar-refractivity contribution in [2.45, 2.75) is 26.3 Å². The average molecular weight is 410 g/mol. The Balaban J connectivity index is 1.91. The van der Waals surface area contributed by atoms with Crippen molar-refractivity contribution >= 4 is 29.2 Å². The maximum atomic E-state index is 12.1. The molecule has 1 atom stereocenters. The normalized spacial score (nSPS) is 11.9. The number of anilines is 2. The number of hydrogen-bond donors (Lipinski definition) is 2. The Morgan fingerprint density at radius 2 is 1.41 bits per heavy atom. The molecular weight excluding hydrogens is 393 g/mol. The van der Waals surface area contributed by atoms with E-state index in [9.17, 15) is 27.6 Å². The van der Waals surface area contributed by atoms with Crippen molar-refractivity contribution in [2.24, 2.45) is 0 Å². The summed E-state index contributed by atoms with van der Waals surface area (Å²) in [6, 6.07) is 10.4. The lowest BCUT2D eigenvalue weighted by atomic mass is 10.2. The molecule has 0 aliphatic rings. The minimum absolute atomic E-state index is 0.174. The number of nitrogens with one attached hydrogen (secondary N) is 2. The van der Waals surface area contributed by atoms with E-state index in [-0.39, 0.29) is 17.2 Å². The van der Waals surface area contributed by atoms with E-state index in [4.69, 9.17) is 4.74 Å². The van der Waals surface area contributed by atoms with Gasteiger partial charge < -0.3 is 20.1 Å². The number of halogens is 3. The molecule has 0 fully saturated rings. The van der Waals surface area contributed by atoms with Crippen molar-refractivity contribution in [1.29, 1.82) is 0 Å². The lowest BCUT2D eigenvalue weighted by molar-refractivity contribution is -0.274. The molecule has 0 saturated heterocycles. The molecule has 0 aromatic heterocycles. The fourth-order valence-corrected chi connectivity index (χ4v) is 2.16. The Morgan fingerprint density at radius 1 is 0.897 bits per heavy atom. The van der Waals surface area contributed by atoms with Crippen molar-refractivity contribution < 1.29 is 37.0 Å². The van der Waals surface area contributed by atoms with Gasteiger partial charge in [-0.1, -0.05) is 0 Å². The van der Waals surface area contributed by atoms with Crippen LogP contribution in [0.5, 0.6) is 5.75 Å². The Morgan fingerprint density at radius 3 is 1.93 bits per heavy atom. The van der Waals surface area contributed by atoms with Crippen LogP contribution in [0.25, 0.3) is 0 Å². The van der Waals surface area contributed by atoms with Crippen LogP contribution in [0.1, 0.15) is 24.2 Å². The number of carbonyl (C=O) groups excluding carboxylic acids is 3. The molecule has 2 amide bonds. The second-order valence-corrected chi connectivity index (χ2v) is 5.87. The molecule has 10 heteroatoms. The number of hydrogen-bond acceptors (Lipinski definition) is 5. The highest BCUT2D eigenvalue weighted by Crippen LogP contribution is 2.24. The van der Waals surface area contributed by atoms with Gasteiger partial charge in [-0.25, -0.2) is 4.79 Å². The number of benzene rings is 2. The molecule has 154 valence electrons. The van der Waals surface area contributed by atoms with Crippen molar-refractivity contribution in [3.8, 4) is 5.75 Å². The third-order valence-electron chi connectivity index (χ3n) is 3.45. The molecule has 0 radical (unpaired) electrons. The molecule has 0 aliphatic heterocycles. The zero-order valence-electron chi connectivity index (χ0n) is 15.4. The van der Waals surface area contributed by atoms with Gasteiger partial charge in [0.25, 0.3) is 5.91 Å². The Kier molecular flexibility index (Phi) is 6.81. The lowest BCUT2D eigenvalue weighted by Crippen LogP contribution is -2.30. The summed E-state index contributed by atoms with van der Waals surface area (Å²) in [5, 5.41) is 4.97. The van der Waals surface area contributed by atoms with Gasteiger partial charge >= 0.3 is 12.3 Å². The summed E-state index contributed by atoms with van der Waals surface area (Å²) in [6.07, 6.45) is -5.98. The average Bonchev–Trinajstić information content (AvgIpc) is 2.62. The molecule has 0 saturated carbocycles. The highest BCUT2D eigenvalue weighted by atomic mass is 19.4. The third-order valence-corrected chi connectivity index (χ3v) is 3.45. The van der Waals surface area contributed by atoms with Crippen LogP contribution >= 0.6 is 0 Å². The number of carbonyl (C=O) groups is 3. The second kappa shape index (κ2) is 9.09. The van der Waals surface area contributed by atoms with Gasteiger partial charge in [0.05, 0.1) is 5.56 Å². The van der Waals surface area contributed by atoms with Crippen LogP contribution in [-0.2, 0) is 14.3 Å². The maximum Gasteiger partial charge on any atom is 0.573 e. The van der Waals surface area contributed by atoms with Gasteiger partial charge in [0.1, 0.15) is 5.75 Å². The molecule has 0 aliphatic carbocycles. The molecule has 7 nitrogen and oxygen atoms in total. The second-order valence-electron chi connectivity index (χ2n) is 5.87. The number of esters is 1.